The predicted molar refractivity (Wildman–Crippen MR) is 115 cm³/mol. The lowest BCUT2D eigenvalue weighted by Crippen LogP contribution is -2.45. The lowest BCUT2D eigenvalue weighted by molar-refractivity contribution is -0.130. The number of nitrogens with one attached hydrogen (secondary N) is 2. The van der Waals surface area contributed by atoms with E-state index in [0.29, 0.717) is 28.3 Å². The SMILES string of the molecule is COc1ccccc1C1NC(=O)N(C)C2=C1C(=O)N(CC(=O)Nc1ccc(C)cc1)C2. The Kier molecular flexibility index (Phi) is 5.37. The number of urea groups is 1. The minimum atomic E-state index is -0.646. The van der Waals surface area contributed by atoms with Gasteiger partial charge in [-0.25, -0.2) is 4.79 Å². The van der Waals surface area contributed by atoms with Crippen molar-refractivity contribution in [2.24, 2.45) is 0 Å². The number of benzene rings is 2. The Morgan fingerprint density at radius 2 is 1.87 bits per heavy atom. The maximum absolute atomic E-state index is 13.3. The van der Waals surface area contributed by atoms with Gasteiger partial charge in [-0.3, -0.25) is 14.5 Å². The van der Waals surface area contributed by atoms with Crippen LogP contribution in [-0.2, 0) is 9.59 Å². The normalized spacial score (nSPS) is 18.1. The summed E-state index contributed by atoms with van der Waals surface area (Å²) in [6, 6.07) is 13.7. The molecule has 8 heteroatoms. The highest BCUT2D eigenvalue weighted by atomic mass is 16.5. The molecule has 8 nitrogen and oxygen atoms in total. The number of ether oxygens (including phenoxy) is 1. The maximum Gasteiger partial charge on any atom is 0.322 e. The van der Waals surface area contributed by atoms with E-state index in [4.69, 9.17) is 4.74 Å². The van der Waals surface area contributed by atoms with E-state index in [1.807, 2.05) is 49.4 Å². The second-order valence-corrected chi connectivity index (χ2v) is 7.62. The topological polar surface area (TPSA) is 91.0 Å². The van der Waals surface area contributed by atoms with Crippen LogP contribution in [0.3, 0.4) is 0 Å². The van der Waals surface area contributed by atoms with Gasteiger partial charge in [-0.05, 0) is 25.1 Å². The van der Waals surface area contributed by atoms with E-state index in [9.17, 15) is 14.4 Å². The summed E-state index contributed by atoms with van der Waals surface area (Å²) in [7, 11) is 3.16. The van der Waals surface area contributed by atoms with Crippen LogP contribution < -0.4 is 15.4 Å². The van der Waals surface area contributed by atoms with Crippen LogP contribution >= 0.6 is 0 Å². The molecule has 0 radical (unpaired) electrons. The van der Waals surface area contributed by atoms with E-state index in [-0.39, 0.29) is 30.9 Å². The highest BCUT2D eigenvalue weighted by Gasteiger charge is 2.44. The number of carbonyl (C=O) groups is 3. The molecule has 1 atom stereocenters. The molecule has 0 aromatic heterocycles. The maximum atomic E-state index is 13.3. The van der Waals surface area contributed by atoms with Gasteiger partial charge in [-0.1, -0.05) is 35.9 Å². The number of amides is 4. The fraction of sp³-hybridized carbons (Fsp3) is 0.261. The molecule has 2 N–H and O–H groups in total. The summed E-state index contributed by atoms with van der Waals surface area (Å²) in [5.41, 5.74) is 3.49. The zero-order valence-electron chi connectivity index (χ0n) is 17.6. The number of likely N-dealkylation sites (N-methyl/N-ethyl adjacent to an activating group) is 1. The first-order valence-corrected chi connectivity index (χ1v) is 9.95. The van der Waals surface area contributed by atoms with Crippen molar-refractivity contribution < 1.29 is 19.1 Å². The number of anilines is 1. The molecule has 2 aliphatic heterocycles. The van der Waals surface area contributed by atoms with Gasteiger partial charge in [-0.2, -0.15) is 0 Å². The second-order valence-electron chi connectivity index (χ2n) is 7.62. The average molecular weight is 420 g/mol. The second kappa shape index (κ2) is 8.14. The minimum Gasteiger partial charge on any atom is -0.496 e. The Labute approximate surface area is 180 Å². The van der Waals surface area contributed by atoms with E-state index in [0.717, 1.165) is 5.56 Å². The first-order valence-electron chi connectivity index (χ1n) is 9.95. The molecule has 2 aromatic carbocycles. The summed E-state index contributed by atoms with van der Waals surface area (Å²) in [6.45, 7) is 2.04. The Morgan fingerprint density at radius 3 is 2.58 bits per heavy atom. The van der Waals surface area contributed by atoms with Gasteiger partial charge in [0, 0.05) is 18.3 Å². The number of methoxy groups -OCH3 is 1. The molecule has 0 aliphatic carbocycles. The molecule has 2 aromatic rings. The van der Waals surface area contributed by atoms with Crippen LogP contribution in [0.1, 0.15) is 17.2 Å². The molecule has 4 amide bonds. The number of hydrogen-bond donors (Lipinski definition) is 2. The van der Waals surface area contributed by atoms with Crippen molar-refractivity contribution in [1.82, 2.24) is 15.1 Å². The summed E-state index contributed by atoms with van der Waals surface area (Å²) < 4.78 is 5.43. The number of rotatable bonds is 5. The van der Waals surface area contributed by atoms with E-state index in [1.165, 1.54) is 9.80 Å². The molecule has 0 spiro atoms. The number of carbonyl (C=O) groups excluding carboxylic acids is 3. The molecule has 31 heavy (non-hydrogen) atoms. The third-order valence-corrected chi connectivity index (χ3v) is 5.55. The number of aryl methyl sites for hydroxylation is 1. The van der Waals surface area contributed by atoms with Crippen LogP contribution in [0.15, 0.2) is 59.8 Å². The smallest absolute Gasteiger partial charge is 0.322 e. The number of nitrogens with zero attached hydrogens (tertiary/aromatic N) is 2. The molecular weight excluding hydrogens is 396 g/mol. The summed E-state index contributed by atoms with van der Waals surface area (Å²) in [5.74, 6) is -0.00258. The summed E-state index contributed by atoms with van der Waals surface area (Å²) in [5, 5.41) is 5.69. The first-order chi connectivity index (χ1) is 14.9. The van der Waals surface area contributed by atoms with Crippen molar-refractivity contribution in [3.63, 3.8) is 0 Å². The Hall–Kier alpha value is -3.81. The Morgan fingerprint density at radius 1 is 1.16 bits per heavy atom. The molecule has 160 valence electrons. The van der Waals surface area contributed by atoms with Gasteiger partial charge in [0.25, 0.3) is 5.91 Å². The quantitative estimate of drug-likeness (QED) is 0.777. The molecule has 0 saturated carbocycles. The monoisotopic (exact) mass is 420 g/mol. The third-order valence-electron chi connectivity index (χ3n) is 5.55. The van der Waals surface area contributed by atoms with Gasteiger partial charge < -0.3 is 20.3 Å². The average Bonchev–Trinajstić information content (AvgIpc) is 3.08. The van der Waals surface area contributed by atoms with Crippen LogP contribution in [0.4, 0.5) is 10.5 Å². The fourth-order valence-electron chi connectivity index (χ4n) is 3.90. The number of hydrogen-bond acceptors (Lipinski definition) is 4. The summed E-state index contributed by atoms with van der Waals surface area (Å²) in [4.78, 5) is 41.3. The van der Waals surface area contributed by atoms with Crippen LogP contribution in [0.25, 0.3) is 0 Å². The van der Waals surface area contributed by atoms with Crippen LogP contribution in [-0.4, -0.2) is 54.9 Å². The molecular formula is C23H24N4O4. The highest BCUT2D eigenvalue weighted by Crippen LogP contribution is 2.38. The zero-order valence-corrected chi connectivity index (χ0v) is 17.6. The minimum absolute atomic E-state index is 0.111. The lowest BCUT2D eigenvalue weighted by atomic mass is 9.95. The van der Waals surface area contributed by atoms with Crippen molar-refractivity contribution >= 4 is 23.5 Å². The Balaban J connectivity index is 1.57. The molecule has 0 saturated heterocycles. The summed E-state index contributed by atoms with van der Waals surface area (Å²) in [6.07, 6.45) is 0. The Bertz CT molecular complexity index is 1080. The van der Waals surface area contributed by atoms with E-state index in [2.05, 4.69) is 10.6 Å². The van der Waals surface area contributed by atoms with E-state index in [1.54, 1.807) is 20.2 Å². The molecule has 2 aliphatic rings. The van der Waals surface area contributed by atoms with Crippen molar-refractivity contribution in [2.75, 3.05) is 32.6 Å². The zero-order chi connectivity index (χ0) is 22.1. The van der Waals surface area contributed by atoms with E-state index >= 15 is 0 Å². The van der Waals surface area contributed by atoms with Crippen molar-refractivity contribution in [1.29, 1.82) is 0 Å². The predicted octanol–water partition coefficient (Wildman–Crippen LogP) is 2.43. The molecule has 0 bridgehead atoms. The van der Waals surface area contributed by atoms with Crippen LogP contribution in [0.5, 0.6) is 5.75 Å². The lowest BCUT2D eigenvalue weighted by Gasteiger charge is -2.31. The third kappa shape index (κ3) is 3.84. The molecule has 1 unspecified atom stereocenters. The van der Waals surface area contributed by atoms with E-state index < -0.39 is 6.04 Å². The van der Waals surface area contributed by atoms with Crippen molar-refractivity contribution in [3.8, 4) is 5.75 Å². The van der Waals surface area contributed by atoms with Gasteiger partial charge in [0.05, 0.1) is 31.0 Å². The van der Waals surface area contributed by atoms with Gasteiger partial charge in [0.1, 0.15) is 12.3 Å². The summed E-state index contributed by atoms with van der Waals surface area (Å²) >= 11 is 0. The molecule has 2 heterocycles. The van der Waals surface area contributed by atoms with Gasteiger partial charge >= 0.3 is 6.03 Å². The van der Waals surface area contributed by atoms with Gasteiger partial charge in [0.2, 0.25) is 5.91 Å². The largest absolute Gasteiger partial charge is 0.496 e. The highest BCUT2D eigenvalue weighted by molar-refractivity contribution is 6.04. The molecule has 0 fully saturated rings. The van der Waals surface area contributed by atoms with Gasteiger partial charge in [0.15, 0.2) is 0 Å². The fourth-order valence-corrected chi connectivity index (χ4v) is 3.90. The number of para-hydroxylation sites is 1. The van der Waals surface area contributed by atoms with Crippen molar-refractivity contribution in [2.45, 2.75) is 13.0 Å². The van der Waals surface area contributed by atoms with Crippen molar-refractivity contribution in [3.05, 3.63) is 70.9 Å². The molecule has 4 rings (SSSR count). The first kappa shape index (κ1) is 20.5. The van der Waals surface area contributed by atoms with Gasteiger partial charge in [-0.15, -0.1) is 0 Å². The van der Waals surface area contributed by atoms with Crippen LogP contribution in [0, 0.1) is 6.92 Å². The standard InChI is InChI=1S/C23H24N4O4/c1-14-8-10-15(11-9-14)24-19(28)13-27-12-17-20(22(27)29)21(25-23(30)26(17)2)16-6-4-5-7-18(16)31-3/h4-11,21H,12-13H2,1-3H3,(H,24,28)(H,25,30). The van der Waals surface area contributed by atoms with Crippen LogP contribution in [0.2, 0.25) is 0 Å².